The summed E-state index contributed by atoms with van der Waals surface area (Å²) in [5.74, 6) is -0.373. The largest absolute Gasteiger partial charge is 0.463 e. The van der Waals surface area contributed by atoms with Gasteiger partial charge in [-0.25, -0.2) is 9.59 Å². The summed E-state index contributed by atoms with van der Waals surface area (Å²) in [6, 6.07) is 7.22. The number of hydrogen-bond donors (Lipinski definition) is 2. The average molecular weight is 389 g/mol. The Kier molecular flexibility index (Phi) is 8.47. The fraction of sp³-hybridized carbons (Fsp3) is 0.524. The Hall–Kier alpha value is -2.38. The van der Waals surface area contributed by atoms with Gasteiger partial charge in [0.05, 0.1) is 18.8 Å². The van der Waals surface area contributed by atoms with Gasteiger partial charge in [-0.05, 0) is 51.5 Å². The summed E-state index contributed by atoms with van der Waals surface area (Å²) in [6.07, 6.45) is 3.47. The van der Waals surface area contributed by atoms with Crippen LogP contribution in [0.2, 0.25) is 0 Å². The number of esters is 1. The molecule has 1 aromatic rings. The maximum absolute atomic E-state index is 12.2. The molecule has 7 heteroatoms. The number of hydrogen-bond acceptors (Lipinski definition) is 5. The van der Waals surface area contributed by atoms with Crippen LogP contribution in [-0.4, -0.2) is 61.4 Å². The molecule has 2 amide bonds. The molecule has 7 nitrogen and oxygen atoms in total. The van der Waals surface area contributed by atoms with Gasteiger partial charge in [0.25, 0.3) is 0 Å². The van der Waals surface area contributed by atoms with Gasteiger partial charge in [-0.15, -0.1) is 0 Å². The van der Waals surface area contributed by atoms with Crippen molar-refractivity contribution in [2.75, 3.05) is 31.6 Å². The highest BCUT2D eigenvalue weighted by atomic mass is 16.5. The molecule has 3 unspecified atom stereocenters. The Labute approximate surface area is 167 Å². The summed E-state index contributed by atoms with van der Waals surface area (Å²) >= 11 is 0. The number of carbonyl (C=O) groups is 2. The van der Waals surface area contributed by atoms with Gasteiger partial charge in [-0.2, -0.15) is 0 Å². The van der Waals surface area contributed by atoms with Crippen LogP contribution in [0.3, 0.4) is 0 Å². The van der Waals surface area contributed by atoms with E-state index in [9.17, 15) is 9.59 Å². The molecule has 1 aliphatic heterocycles. The number of urea groups is 1. The molecule has 0 radical (unpaired) electrons. The predicted octanol–water partition coefficient (Wildman–Crippen LogP) is 2.88. The average Bonchev–Trinajstić information content (AvgIpc) is 2.65. The van der Waals surface area contributed by atoms with Gasteiger partial charge in [-0.1, -0.05) is 12.1 Å². The SMILES string of the molecule is CCOC(=O)C=Cc1ccc(NC(=O)NCC(C)N2CC(C)OC(C)C2)cc1. The van der Waals surface area contributed by atoms with Gasteiger partial charge in [0.15, 0.2) is 0 Å². The van der Waals surface area contributed by atoms with E-state index in [1.165, 1.54) is 6.08 Å². The molecule has 3 atom stereocenters. The predicted molar refractivity (Wildman–Crippen MR) is 110 cm³/mol. The lowest BCUT2D eigenvalue weighted by Crippen LogP contribution is -2.52. The molecule has 1 saturated heterocycles. The van der Waals surface area contributed by atoms with Crippen molar-refractivity contribution in [2.45, 2.75) is 45.9 Å². The third kappa shape index (κ3) is 7.32. The molecule has 0 spiro atoms. The maximum Gasteiger partial charge on any atom is 0.330 e. The van der Waals surface area contributed by atoms with E-state index in [2.05, 4.69) is 36.3 Å². The van der Waals surface area contributed by atoms with E-state index in [-0.39, 0.29) is 30.3 Å². The third-order valence-corrected chi connectivity index (χ3v) is 4.50. The van der Waals surface area contributed by atoms with Gasteiger partial charge >= 0.3 is 12.0 Å². The quantitative estimate of drug-likeness (QED) is 0.554. The second kappa shape index (κ2) is 10.8. The molecule has 1 aromatic carbocycles. The lowest BCUT2D eigenvalue weighted by molar-refractivity contribution is -0.137. The zero-order chi connectivity index (χ0) is 20.5. The first kappa shape index (κ1) is 21.9. The summed E-state index contributed by atoms with van der Waals surface area (Å²) in [5.41, 5.74) is 1.54. The number of anilines is 1. The Morgan fingerprint density at radius 3 is 2.50 bits per heavy atom. The first-order chi connectivity index (χ1) is 13.4. The Balaban J connectivity index is 1.77. The fourth-order valence-electron chi connectivity index (χ4n) is 3.15. The second-order valence-corrected chi connectivity index (χ2v) is 7.10. The number of carbonyl (C=O) groups excluding carboxylic acids is 2. The zero-order valence-corrected chi connectivity index (χ0v) is 17.1. The van der Waals surface area contributed by atoms with Crippen molar-refractivity contribution in [3.8, 4) is 0 Å². The van der Waals surface area contributed by atoms with E-state index >= 15 is 0 Å². The van der Waals surface area contributed by atoms with Crippen LogP contribution in [-0.2, 0) is 14.3 Å². The molecule has 2 rings (SSSR count). The van der Waals surface area contributed by atoms with E-state index in [1.807, 2.05) is 12.1 Å². The van der Waals surface area contributed by atoms with Gasteiger partial charge in [0.1, 0.15) is 0 Å². The topological polar surface area (TPSA) is 79.9 Å². The van der Waals surface area contributed by atoms with Crippen molar-refractivity contribution in [3.63, 3.8) is 0 Å². The number of ether oxygens (including phenoxy) is 2. The number of amides is 2. The van der Waals surface area contributed by atoms with Crippen LogP contribution in [0.1, 0.15) is 33.3 Å². The van der Waals surface area contributed by atoms with Gasteiger partial charge in [-0.3, -0.25) is 4.90 Å². The second-order valence-electron chi connectivity index (χ2n) is 7.10. The highest BCUT2D eigenvalue weighted by Crippen LogP contribution is 2.14. The molecule has 1 heterocycles. The Morgan fingerprint density at radius 2 is 1.89 bits per heavy atom. The van der Waals surface area contributed by atoms with E-state index < -0.39 is 0 Å². The van der Waals surface area contributed by atoms with Gasteiger partial charge in [0, 0.05) is 37.4 Å². The monoisotopic (exact) mass is 389 g/mol. The Bertz CT molecular complexity index is 665. The van der Waals surface area contributed by atoms with Crippen LogP contribution in [0.25, 0.3) is 6.08 Å². The van der Waals surface area contributed by atoms with Gasteiger partial charge < -0.3 is 20.1 Å². The number of benzene rings is 1. The first-order valence-electron chi connectivity index (χ1n) is 9.76. The van der Waals surface area contributed by atoms with Crippen molar-refractivity contribution >= 4 is 23.8 Å². The summed E-state index contributed by atoms with van der Waals surface area (Å²) in [6.45, 7) is 10.7. The highest BCUT2D eigenvalue weighted by molar-refractivity contribution is 5.90. The summed E-state index contributed by atoms with van der Waals surface area (Å²) in [4.78, 5) is 25.8. The standard InChI is InChI=1S/C21H31N3O4/c1-5-27-20(25)11-8-18-6-9-19(10-7-18)23-21(26)22-12-15(2)24-13-16(3)28-17(4)14-24/h6-11,15-17H,5,12-14H2,1-4H3,(H2,22,23,26). The van der Waals surface area contributed by atoms with Crippen molar-refractivity contribution in [1.82, 2.24) is 10.2 Å². The van der Waals surface area contributed by atoms with Crippen molar-refractivity contribution in [3.05, 3.63) is 35.9 Å². The molecule has 2 N–H and O–H groups in total. The van der Waals surface area contributed by atoms with Crippen molar-refractivity contribution < 1.29 is 19.1 Å². The van der Waals surface area contributed by atoms with Crippen LogP contribution in [0.5, 0.6) is 0 Å². The van der Waals surface area contributed by atoms with Crippen LogP contribution in [0.15, 0.2) is 30.3 Å². The number of nitrogens with zero attached hydrogens (tertiary/aromatic N) is 1. The lowest BCUT2D eigenvalue weighted by Gasteiger charge is -2.38. The molecule has 0 saturated carbocycles. The fourth-order valence-corrected chi connectivity index (χ4v) is 3.15. The number of morpholine rings is 1. The number of rotatable bonds is 7. The normalized spacial score (nSPS) is 21.3. The lowest BCUT2D eigenvalue weighted by atomic mass is 10.2. The smallest absolute Gasteiger partial charge is 0.330 e. The maximum atomic E-state index is 12.2. The minimum atomic E-state index is -0.373. The van der Waals surface area contributed by atoms with Crippen LogP contribution in [0.4, 0.5) is 10.5 Å². The third-order valence-electron chi connectivity index (χ3n) is 4.50. The summed E-state index contributed by atoms with van der Waals surface area (Å²) < 4.78 is 10.6. The van der Waals surface area contributed by atoms with E-state index in [0.717, 1.165) is 18.7 Å². The molecule has 0 aliphatic carbocycles. The molecule has 1 aliphatic rings. The van der Waals surface area contributed by atoms with Crippen molar-refractivity contribution in [2.24, 2.45) is 0 Å². The molecule has 1 fully saturated rings. The summed E-state index contributed by atoms with van der Waals surface area (Å²) in [7, 11) is 0. The number of nitrogens with one attached hydrogen (secondary N) is 2. The van der Waals surface area contributed by atoms with Crippen molar-refractivity contribution in [1.29, 1.82) is 0 Å². The molecular weight excluding hydrogens is 358 g/mol. The Morgan fingerprint density at radius 1 is 1.25 bits per heavy atom. The van der Waals surface area contributed by atoms with E-state index in [4.69, 9.17) is 9.47 Å². The van der Waals surface area contributed by atoms with Gasteiger partial charge in [0.2, 0.25) is 0 Å². The first-order valence-corrected chi connectivity index (χ1v) is 9.76. The molecule has 0 bridgehead atoms. The van der Waals surface area contributed by atoms with E-state index in [0.29, 0.717) is 18.8 Å². The summed E-state index contributed by atoms with van der Waals surface area (Å²) in [5, 5.41) is 5.74. The molecule has 0 aromatic heterocycles. The van der Waals surface area contributed by atoms with Crippen LogP contribution >= 0.6 is 0 Å². The minimum absolute atomic E-state index is 0.205. The zero-order valence-electron chi connectivity index (χ0n) is 17.1. The van der Waals surface area contributed by atoms with Crippen LogP contribution in [0, 0.1) is 0 Å². The highest BCUT2D eigenvalue weighted by Gasteiger charge is 2.25. The van der Waals surface area contributed by atoms with Crippen LogP contribution < -0.4 is 10.6 Å². The van der Waals surface area contributed by atoms with E-state index in [1.54, 1.807) is 25.1 Å². The minimum Gasteiger partial charge on any atom is -0.463 e. The molecular formula is C21H31N3O4. The molecule has 28 heavy (non-hydrogen) atoms. The molecule has 154 valence electrons.